The van der Waals surface area contributed by atoms with Crippen molar-refractivity contribution in [3.05, 3.63) is 0 Å². The minimum atomic E-state index is -0.761. The lowest BCUT2D eigenvalue weighted by Gasteiger charge is -2.17. The van der Waals surface area contributed by atoms with Crippen LogP contribution in [0.1, 0.15) is 59.3 Å². The molecule has 2 atom stereocenters. The number of aliphatic carboxylic acids is 1. The molecule has 5 nitrogen and oxygen atoms in total. The molecule has 2 unspecified atom stereocenters. The number of amides is 2. The number of carbonyl (C=O) groups excluding carboxylic acids is 1. The van der Waals surface area contributed by atoms with Crippen LogP contribution in [-0.4, -0.2) is 29.7 Å². The van der Waals surface area contributed by atoms with Crippen molar-refractivity contribution in [2.45, 2.75) is 65.3 Å². The van der Waals surface area contributed by atoms with Crippen LogP contribution in [-0.2, 0) is 4.79 Å². The van der Waals surface area contributed by atoms with Gasteiger partial charge in [-0.15, -0.1) is 0 Å². The summed E-state index contributed by atoms with van der Waals surface area (Å²) in [5.74, 6) is -0.447. The van der Waals surface area contributed by atoms with E-state index < -0.39 is 5.97 Å². The van der Waals surface area contributed by atoms with Crippen molar-refractivity contribution in [1.82, 2.24) is 10.6 Å². The van der Waals surface area contributed by atoms with Gasteiger partial charge < -0.3 is 15.7 Å². The Morgan fingerprint density at radius 3 is 2.37 bits per heavy atom. The van der Waals surface area contributed by atoms with Crippen LogP contribution in [0.25, 0.3) is 0 Å². The van der Waals surface area contributed by atoms with Crippen LogP contribution in [0.3, 0.4) is 0 Å². The van der Waals surface area contributed by atoms with E-state index in [2.05, 4.69) is 24.5 Å². The van der Waals surface area contributed by atoms with Crippen molar-refractivity contribution >= 4 is 12.0 Å². The Kier molecular flexibility index (Phi) is 9.94. The van der Waals surface area contributed by atoms with Gasteiger partial charge in [-0.1, -0.05) is 27.2 Å². The highest BCUT2D eigenvalue weighted by molar-refractivity contribution is 5.74. The van der Waals surface area contributed by atoms with Crippen molar-refractivity contribution < 1.29 is 14.7 Å². The number of hydrogen-bond donors (Lipinski definition) is 3. The summed E-state index contributed by atoms with van der Waals surface area (Å²) in [6, 6.07) is 0.125. The van der Waals surface area contributed by atoms with Gasteiger partial charge in [0.25, 0.3) is 0 Å². The normalized spacial score (nSPS) is 13.6. The van der Waals surface area contributed by atoms with Crippen LogP contribution in [0, 0.1) is 5.92 Å². The van der Waals surface area contributed by atoms with E-state index in [-0.39, 0.29) is 18.5 Å². The molecule has 0 heterocycles. The van der Waals surface area contributed by atoms with E-state index in [1.165, 1.54) is 0 Å². The lowest BCUT2D eigenvalue weighted by molar-refractivity contribution is -0.137. The summed E-state index contributed by atoms with van der Waals surface area (Å²) in [6.07, 6.45) is 4.67. The number of carbonyl (C=O) groups is 2. The highest BCUT2D eigenvalue weighted by atomic mass is 16.4. The fourth-order valence-corrected chi connectivity index (χ4v) is 1.91. The highest BCUT2D eigenvalue weighted by Crippen LogP contribution is 2.09. The molecule has 5 heteroatoms. The van der Waals surface area contributed by atoms with Crippen molar-refractivity contribution in [1.29, 1.82) is 0 Å². The molecular formula is C14H28N2O3. The van der Waals surface area contributed by atoms with E-state index in [9.17, 15) is 9.59 Å². The lowest BCUT2D eigenvalue weighted by Crippen LogP contribution is -2.42. The van der Waals surface area contributed by atoms with Gasteiger partial charge in [0.2, 0.25) is 0 Å². The predicted molar refractivity (Wildman–Crippen MR) is 76.2 cm³/mol. The van der Waals surface area contributed by atoms with Gasteiger partial charge in [0, 0.05) is 19.0 Å². The van der Waals surface area contributed by atoms with Gasteiger partial charge in [0.1, 0.15) is 0 Å². The van der Waals surface area contributed by atoms with E-state index in [0.717, 1.165) is 25.7 Å². The van der Waals surface area contributed by atoms with Crippen LogP contribution in [0.15, 0.2) is 0 Å². The van der Waals surface area contributed by atoms with E-state index >= 15 is 0 Å². The van der Waals surface area contributed by atoms with Gasteiger partial charge in [-0.2, -0.15) is 0 Å². The summed E-state index contributed by atoms with van der Waals surface area (Å²) in [5, 5.41) is 14.3. The Labute approximate surface area is 116 Å². The van der Waals surface area contributed by atoms with Gasteiger partial charge in [-0.05, 0) is 31.6 Å². The molecule has 0 saturated carbocycles. The first kappa shape index (κ1) is 17.7. The maximum absolute atomic E-state index is 11.6. The Balaban J connectivity index is 3.69. The molecule has 3 N–H and O–H groups in total. The number of carboxylic acid groups (broad SMARTS) is 1. The number of urea groups is 1. The zero-order valence-corrected chi connectivity index (χ0v) is 12.4. The molecule has 2 amide bonds. The van der Waals surface area contributed by atoms with Crippen LogP contribution >= 0.6 is 0 Å². The number of hydrogen-bond acceptors (Lipinski definition) is 2. The van der Waals surface area contributed by atoms with Crippen molar-refractivity contribution in [2.24, 2.45) is 5.92 Å². The number of carboxylic acids is 1. The predicted octanol–water partition coefficient (Wildman–Crippen LogP) is 2.76. The summed E-state index contributed by atoms with van der Waals surface area (Å²) in [5.41, 5.74) is 0. The molecule has 112 valence electrons. The molecule has 0 spiro atoms. The molecule has 19 heavy (non-hydrogen) atoms. The third-order valence-electron chi connectivity index (χ3n) is 3.24. The van der Waals surface area contributed by atoms with E-state index in [0.29, 0.717) is 18.9 Å². The molecule has 0 saturated heterocycles. The Morgan fingerprint density at radius 2 is 1.84 bits per heavy atom. The largest absolute Gasteiger partial charge is 0.481 e. The average molecular weight is 272 g/mol. The fraction of sp³-hybridized carbons (Fsp3) is 0.857. The first-order chi connectivity index (χ1) is 8.99. The molecule has 0 aromatic heterocycles. The molecule has 0 radical (unpaired) electrons. The standard InChI is InChI=1S/C14H28N2O3/c1-4-6-12(5-2)16-14(19)15-10-9-11(3)7-8-13(17)18/h11-12H,4-10H2,1-3H3,(H,17,18)(H2,15,16,19). The highest BCUT2D eigenvalue weighted by Gasteiger charge is 2.10. The molecule has 0 aliphatic carbocycles. The topological polar surface area (TPSA) is 78.4 Å². The zero-order valence-electron chi connectivity index (χ0n) is 12.4. The summed E-state index contributed by atoms with van der Waals surface area (Å²) < 4.78 is 0. The Morgan fingerprint density at radius 1 is 1.16 bits per heavy atom. The third-order valence-corrected chi connectivity index (χ3v) is 3.24. The summed E-state index contributed by atoms with van der Waals surface area (Å²) in [6.45, 7) is 6.77. The molecule has 0 aliphatic heterocycles. The SMILES string of the molecule is CCCC(CC)NC(=O)NCCC(C)CCC(=O)O. The minimum absolute atomic E-state index is 0.120. The second-order valence-electron chi connectivity index (χ2n) is 5.12. The zero-order chi connectivity index (χ0) is 14.7. The fourth-order valence-electron chi connectivity index (χ4n) is 1.91. The molecule has 0 aliphatic rings. The van der Waals surface area contributed by atoms with Gasteiger partial charge in [0.05, 0.1) is 0 Å². The maximum Gasteiger partial charge on any atom is 0.315 e. The quantitative estimate of drug-likeness (QED) is 0.572. The van der Waals surface area contributed by atoms with Gasteiger partial charge in [-0.3, -0.25) is 4.79 Å². The van der Waals surface area contributed by atoms with Crippen molar-refractivity contribution in [3.63, 3.8) is 0 Å². The van der Waals surface area contributed by atoms with E-state index in [4.69, 9.17) is 5.11 Å². The monoisotopic (exact) mass is 272 g/mol. The molecule has 0 aromatic rings. The second-order valence-corrected chi connectivity index (χ2v) is 5.12. The lowest BCUT2D eigenvalue weighted by atomic mass is 10.0. The van der Waals surface area contributed by atoms with Crippen LogP contribution in [0.5, 0.6) is 0 Å². The molecule has 0 rings (SSSR count). The molecule has 0 aromatic carbocycles. The second kappa shape index (κ2) is 10.6. The average Bonchev–Trinajstić information content (AvgIpc) is 2.35. The van der Waals surface area contributed by atoms with Gasteiger partial charge in [0.15, 0.2) is 0 Å². The molecular weight excluding hydrogens is 244 g/mol. The Bertz CT molecular complexity index is 269. The molecule has 0 bridgehead atoms. The van der Waals surface area contributed by atoms with Gasteiger partial charge in [-0.25, -0.2) is 4.79 Å². The van der Waals surface area contributed by atoms with E-state index in [1.54, 1.807) is 0 Å². The smallest absolute Gasteiger partial charge is 0.315 e. The van der Waals surface area contributed by atoms with Gasteiger partial charge >= 0.3 is 12.0 Å². The third kappa shape index (κ3) is 10.4. The summed E-state index contributed by atoms with van der Waals surface area (Å²) in [4.78, 5) is 22.0. The van der Waals surface area contributed by atoms with Crippen LogP contribution in [0.4, 0.5) is 4.79 Å². The first-order valence-electron chi connectivity index (χ1n) is 7.25. The van der Waals surface area contributed by atoms with E-state index in [1.807, 2.05) is 6.92 Å². The number of nitrogens with one attached hydrogen (secondary N) is 2. The Hall–Kier alpha value is -1.26. The summed E-state index contributed by atoms with van der Waals surface area (Å²) >= 11 is 0. The van der Waals surface area contributed by atoms with Crippen molar-refractivity contribution in [3.8, 4) is 0 Å². The summed E-state index contributed by atoms with van der Waals surface area (Å²) in [7, 11) is 0. The van der Waals surface area contributed by atoms with Crippen molar-refractivity contribution in [2.75, 3.05) is 6.54 Å². The maximum atomic E-state index is 11.6. The van der Waals surface area contributed by atoms with Crippen LogP contribution in [0.2, 0.25) is 0 Å². The number of rotatable bonds is 10. The van der Waals surface area contributed by atoms with Crippen LogP contribution < -0.4 is 10.6 Å². The molecule has 0 fully saturated rings. The minimum Gasteiger partial charge on any atom is -0.481 e. The first-order valence-corrected chi connectivity index (χ1v) is 7.25.